The summed E-state index contributed by atoms with van der Waals surface area (Å²) in [6.45, 7) is 5.07. The highest BCUT2D eigenvalue weighted by Crippen LogP contribution is 2.40. The van der Waals surface area contributed by atoms with Crippen molar-refractivity contribution in [2.45, 2.75) is 27.2 Å². The van der Waals surface area contributed by atoms with Gasteiger partial charge in [0, 0.05) is 0 Å². The van der Waals surface area contributed by atoms with E-state index in [9.17, 15) is 19.8 Å². The molecule has 0 heterocycles. The molecule has 1 aromatic rings. The highest BCUT2D eigenvalue weighted by Gasteiger charge is 2.23. The van der Waals surface area contributed by atoms with Crippen LogP contribution >= 0.6 is 0 Å². The van der Waals surface area contributed by atoms with Gasteiger partial charge < -0.3 is 19.7 Å². The van der Waals surface area contributed by atoms with Gasteiger partial charge in [0.05, 0.1) is 14.2 Å². The van der Waals surface area contributed by atoms with E-state index in [1.54, 1.807) is 0 Å². The third kappa shape index (κ3) is 4.25. The van der Waals surface area contributed by atoms with E-state index in [-0.39, 0.29) is 28.7 Å². The second-order valence-corrected chi connectivity index (χ2v) is 5.54. The van der Waals surface area contributed by atoms with E-state index in [1.165, 1.54) is 33.3 Å². The Bertz CT molecular complexity index is 601. The number of phenols is 1. The van der Waals surface area contributed by atoms with Crippen LogP contribution in [0.1, 0.15) is 32.8 Å². The Kier molecular flexibility index (Phi) is 6.18. The minimum Gasteiger partial charge on any atom is -0.502 e. The van der Waals surface area contributed by atoms with E-state index >= 15 is 0 Å². The lowest BCUT2D eigenvalue weighted by Gasteiger charge is -2.17. The highest BCUT2D eigenvalue weighted by molar-refractivity contribution is 6.21. The number of carboxylic acids is 1. The Morgan fingerprint density at radius 3 is 1.91 bits per heavy atom. The number of methoxy groups -OCH3 is 2. The van der Waals surface area contributed by atoms with Gasteiger partial charge in [0.1, 0.15) is 5.57 Å². The second-order valence-electron chi connectivity index (χ2n) is 5.54. The van der Waals surface area contributed by atoms with Gasteiger partial charge in [0.25, 0.3) is 0 Å². The molecular formula is C17H22O6. The Morgan fingerprint density at radius 2 is 1.61 bits per heavy atom. The molecule has 23 heavy (non-hydrogen) atoms. The summed E-state index contributed by atoms with van der Waals surface area (Å²) in [5, 5.41) is 19.4. The van der Waals surface area contributed by atoms with Crippen LogP contribution in [0.4, 0.5) is 0 Å². The molecule has 6 heteroatoms. The number of carboxylic acid groups (broad SMARTS) is 1. The smallest absolute Gasteiger partial charge is 0.339 e. The molecule has 0 saturated carbocycles. The molecule has 0 amide bonds. The topological polar surface area (TPSA) is 93.1 Å². The van der Waals surface area contributed by atoms with Crippen molar-refractivity contribution in [3.8, 4) is 17.2 Å². The van der Waals surface area contributed by atoms with Crippen molar-refractivity contribution in [2.24, 2.45) is 5.92 Å². The third-order valence-corrected chi connectivity index (χ3v) is 3.31. The van der Waals surface area contributed by atoms with E-state index in [0.717, 1.165) is 0 Å². The highest BCUT2D eigenvalue weighted by atomic mass is 16.5. The Balaban J connectivity index is 3.71. The second kappa shape index (κ2) is 7.67. The molecule has 0 aliphatic carbocycles. The van der Waals surface area contributed by atoms with Crippen LogP contribution in [-0.2, 0) is 9.59 Å². The number of phenolic OH excluding ortho intramolecular Hbond substituents is 1. The molecule has 0 fully saturated rings. The van der Waals surface area contributed by atoms with E-state index in [1.807, 2.05) is 13.8 Å². The van der Waals surface area contributed by atoms with E-state index < -0.39 is 11.8 Å². The van der Waals surface area contributed by atoms with E-state index in [2.05, 4.69) is 0 Å². The fourth-order valence-electron chi connectivity index (χ4n) is 2.33. The molecule has 0 spiro atoms. The van der Waals surface area contributed by atoms with Crippen LogP contribution in [0.5, 0.6) is 17.2 Å². The molecule has 0 aromatic heterocycles. The maximum atomic E-state index is 11.8. The molecule has 0 saturated heterocycles. The van der Waals surface area contributed by atoms with Gasteiger partial charge in [-0.15, -0.1) is 0 Å². The minimum atomic E-state index is -1.28. The molecule has 0 aliphatic rings. The molecule has 0 unspecified atom stereocenters. The van der Waals surface area contributed by atoms with Crippen LogP contribution in [0.25, 0.3) is 5.57 Å². The summed E-state index contributed by atoms with van der Waals surface area (Å²) in [7, 11) is 2.76. The lowest BCUT2D eigenvalue weighted by atomic mass is 9.90. The molecule has 0 radical (unpaired) electrons. The van der Waals surface area contributed by atoms with Crippen LogP contribution in [0.2, 0.25) is 0 Å². The lowest BCUT2D eigenvalue weighted by molar-refractivity contribution is -0.134. The standard InChI is InChI=1S/C17H22O6/c1-9(2)6-12(15(10(3)18)17(20)21)11-7-13(22-4)16(19)14(8-11)23-5/h7-9,19H,6H2,1-5H3,(H,20,21). The third-order valence-electron chi connectivity index (χ3n) is 3.31. The van der Waals surface area contributed by atoms with E-state index in [4.69, 9.17) is 9.47 Å². The number of ketones is 1. The van der Waals surface area contributed by atoms with Gasteiger partial charge in [0.2, 0.25) is 5.75 Å². The van der Waals surface area contributed by atoms with Crippen molar-refractivity contribution in [3.63, 3.8) is 0 Å². The van der Waals surface area contributed by atoms with Gasteiger partial charge in [-0.1, -0.05) is 13.8 Å². The first-order chi connectivity index (χ1) is 10.7. The van der Waals surface area contributed by atoms with Crippen molar-refractivity contribution >= 4 is 17.3 Å². The van der Waals surface area contributed by atoms with Gasteiger partial charge in [-0.2, -0.15) is 0 Å². The summed E-state index contributed by atoms with van der Waals surface area (Å²) in [6, 6.07) is 3.00. The molecule has 6 nitrogen and oxygen atoms in total. The Hall–Kier alpha value is -2.50. The van der Waals surface area contributed by atoms with E-state index in [0.29, 0.717) is 17.6 Å². The zero-order valence-corrected chi connectivity index (χ0v) is 14.0. The molecular weight excluding hydrogens is 300 g/mol. The van der Waals surface area contributed by atoms with Gasteiger partial charge in [0.15, 0.2) is 17.3 Å². The summed E-state index contributed by atoms with van der Waals surface area (Å²) in [4.78, 5) is 23.3. The predicted molar refractivity (Wildman–Crippen MR) is 85.9 cm³/mol. The Labute approximate surface area is 135 Å². The summed E-state index contributed by atoms with van der Waals surface area (Å²) >= 11 is 0. The number of Topliss-reactive ketones (excluding diaryl/α,β-unsaturated/α-hetero) is 1. The number of ether oxygens (including phenoxy) is 2. The number of allylic oxidation sites excluding steroid dienone is 1. The first-order valence-electron chi connectivity index (χ1n) is 7.15. The average molecular weight is 322 g/mol. The number of rotatable bonds is 7. The van der Waals surface area contributed by atoms with Gasteiger partial charge in [-0.3, -0.25) is 4.79 Å². The van der Waals surface area contributed by atoms with Crippen molar-refractivity contribution in [1.82, 2.24) is 0 Å². The van der Waals surface area contributed by atoms with Gasteiger partial charge in [-0.05, 0) is 42.5 Å². The van der Waals surface area contributed by atoms with Gasteiger partial charge in [-0.25, -0.2) is 4.79 Å². The van der Waals surface area contributed by atoms with Crippen LogP contribution in [0.3, 0.4) is 0 Å². The number of carbonyl (C=O) groups is 2. The Morgan fingerprint density at radius 1 is 1.13 bits per heavy atom. The quantitative estimate of drug-likeness (QED) is 0.455. The largest absolute Gasteiger partial charge is 0.502 e. The fraction of sp³-hybridized carbons (Fsp3) is 0.412. The summed E-state index contributed by atoms with van der Waals surface area (Å²) in [6.07, 6.45) is 0.387. The average Bonchev–Trinajstić information content (AvgIpc) is 2.45. The number of carbonyl (C=O) groups excluding carboxylic acids is 1. The van der Waals surface area contributed by atoms with Crippen molar-refractivity contribution in [3.05, 3.63) is 23.3 Å². The maximum absolute atomic E-state index is 11.8. The van der Waals surface area contributed by atoms with Crippen LogP contribution in [0, 0.1) is 5.92 Å². The first kappa shape index (κ1) is 18.5. The van der Waals surface area contributed by atoms with Crippen molar-refractivity contribution < 1.29 is 29.3 Å². The zero-order valence-electron chi connectivity index (χ0n) is 14.0. The SMILES string of the molecule is COc1cc(C(CC(C)C)=C(C(C)=O)C(=O)O)cc(OC)c1O. The van der Waals surface area contributed by atoms with Gasteiger partial charge >= 0.3 is 5.97 Å². The van der Waals surface area contributed by atoms with Crippen LogP contribution in [-0.4, -0.2) is 36.2 Å². The molecule has 2 N–H and O–H groups in total. The lowest BCUT2D eigenvalue weighted by Crippen LogP contribution is -2.13. The number of aliphatic carboxylic acids is 1. The van der Waals surface area contributed by atoms with Crippen LogP contribution < -0.4 is 9.47 Å². The summed E-state index contributed by atoms with van der Waals surface area (Å²) in [5.41, 5.74) is 0.586. The number of benzene rings is 1. The molecule has 1 aromatic carbocycles. The zero-order chi connectivity index (χ0) is 17.7. The molecule has 126 valence electrons. The molecule has 1 rings (SSSR count). The fourth-order valence-corrected chi connectivity index (χ4v) is 2.33. The number of hydrogen-bond acceptors (Lipinski definition) is 5. The normalized spacial score (nSPS) is 11.9. The minimum absolute atomic E-state index is 0.129. The van der Waals surface area contributed by atoms with Crippen molar-refractivity contribution in [2.75, 3.05) is 14.2 Å². The molecule has 0 aliphatic heterocycles. The first-order valence-corrected chi connectivity index (χ1v) is 7.15. The monoisotopic (exact) mass is 322 g/mol. The summed E-state index contributed by atoms with van der Waals surface area (Å²) in [5.74, 6) is -1.56. The van der Waals surface area contributed by atoms with Crippen LogP contribution in [0.15, 0.2) is 17.7 Å². The number of hydrogen-bond donors (Lipinski definition) is 2. The number of aromatic hydroxyl groups is 1. The predicted octanol–water partition coefficient (Wildman–Crippen LogP) is 2.88. The molecule has 0 bridgehead atoms. The van der Waals surface area contributed by atoms with Crippen molar-refractivity contribution in [1.29, 1.82) is 0 Å². The maximum Gasteiger partial charge on any atom is 0.339 e. The summed E-state index contributed by atoms with van der Waals surface area (Å²) < 4.78 is 10.2. The molecule has 0 atom stereocenters.